The normalized spacial score (nSPS) is 16.8. The second kappa shape index (κ2) is 11.1. The molecule has 2 amide bonds. The van der Waals surface area contributed by atoms with Crippen molar-refractivity contribution >= 4 is 23.1 Å². The Morgan fingerprint density at radius 3 is 2.79 bits per heavy atom. The molecule has 1 aromatic heterocycles. The number of carbonyl (C=O) groups excluding carboxylic acids is 2. The number of aromatic nitrogens is 3. The largest absolute Gasteiger partial charge is 0.496 e. The molecule has 0 radical (unpaired) electrons. The third-order valence-electron chi connectivity index (χ3n) is 7.30. The zero-order chi connectivity index (χ0) is 26.6. The van der Waals surface area contributed by atoms with E-state index in [0.717, 1.165) is 45.7 Å². The van der Waals surface area contributed by atoms with Gasteiger partial charge in [-0.25, -0.2) is 0 Å². The van der Waals surface area contributed by atoms with Gasteiger partial charge in [0.1, 0.15) is 5.75 Å². The second-order valence-corrected chi connectivity index (χ2v) is 10.0. The third kappa shape index (κ3) is 5.27. The molecule has 2 aliphatic heterocycles. The standard InChI is InChI=1S/C29H34N6O3/c1-33(2)29(37)23-16-22-15-21(17-25(28(22)30-18-23)24-8-4-5-9-26(24)38-3)20-7-6-12-34(19-20)27(36)10-13-35-14-11-31-32-35/h4-5,7-9,11,14-15,17,23,30H,6,10,12-13,16,18-19H2,1-3H3/t23-/m1/s1. The zero-order valence-electron chi connectivity index (χ0n) is 22.2. The highest BCUT2D eigenvalue weighted by Gasteiger charge is 2.29. The van der Waals surface area contributed by atoms with Crippen LogP contribution in [0.2, 0.25) is 0 Å². The van der Waals surface area contributed by atoms with Crippen LogP contribution in [0, 0.1) is 5.92 Å². The maximum absolute atomic E-state index is 13.0. The summed E-state index contributed by atoms with van der Waals surface area (Å²) in [6.45, 7) is 2.35. The first-order chi connectivity index (χ1) is 18.4. The van der Waals surface area contributed by atoms with Crippen LogP contribution in [0.25, 0.3) is 16.7 Å². The highest BCUT2D eigenvalue weighted by Crippen LogP contribution is 2.42. The zero-order valence-corrected chi connectivity index (χ0v) is 22.2. The number of anilines is 1. The van der Waals surface area contributed by atoms with Gasteiger partial charge < -0.3 is 19.9 Å². The first kappa shape index (κ1) is 25.5. The maximum Gasteiger partial charge on any atom is 0.227 e. The highest BCUT2D eigenvalue weighted by atomic mass is 16.5. The SMILES string of the molecule is COc1ccccc1-c1cc(C2=CCCN(C(=O)CCn3ccnn3)C2)cc2c1NC[C@H](C(=O)N(C)C)C2. The van der Waals surface area contributed by atoms with Crippen LogP contribution in [0.1, 0.15) is 24.0 Å². The minimum absolute atomic E-state index is 0.104. The smallest absolute Gasteiger partial charge is 0.227 e. The maximum atomic E-state index is 13.0. The molecule has 1 atom stereocenters. The predicted octanol–water partition coefficient (Wildman–Crippen LogP) is 3.33. The van der Waals surface area contributed by atoms with E-state index >= 15 is 0 Å². The summed E-state index contributed by atoms with van der Waals surface area (Å²) in [7, 11) is 5.28. The summed E-state index contributed by atoms with van der Waals surface area (Å²) in [5.41, 5.74) is 6.36. The van der Waals surface area contributed by atoms with Crippen molar-refractivity contribution in [3.8, 4) is 16.9 Å². The molecule has 0 saturated carbocycles. The number of fused-ring (bicyclic) bond motifs is 1. The summed E-state index contributed by atoms with van der Waals surface area (Å²) in [6.07, 6.45) is 7.45. The number of carbonyl (C=O) groups is 2. The lowest BCUT2D eigenvalue weighted by molar-refractivity contribution is -0.132. The Bertz CT molecular complexity index is 1350. The summed E-state index contributed by atoms with van der Waals surface area (Å²) in [5, 5.41) is 11.3. The molecular weight excluding hydrogens is 480 g/mol. The van der Waals surface area contributed by atoms with E-state index in [2.05, 4.69) is 39.9 Å². The van der Waals surface area contributed by atoms with Crippen LogP contribution in [-0.4, -0.2) is 77.4 Å². The van der Waals surface area contributed by atoms with Gasteiger partial charge in [-0.15, -0.1) is 5.10 Å². The number of benzene rings is 2. The molecule has 0 bridgehead atoms. The van der Waals surface area contributed by atoms with Crippen LogP contribution >= 0.6 is 0 Å². The van der Waals surface area contributed by atoms with E-state index in [9.17, 15) is 9.59 Å². The number of nitrogens with zero attached hydrogens (tertiary/aromatic N) is 5. The van der Waals surface area contributed by atoms with Crippen LogP contribution < -0.4 is 10.1 Å². The molecule has 2 aliphatic rings. The van der Waals surface area contributed by atoms with Crippen molar-refractivity contribution in [2.45, 2.75) is 25.8 Å². The van der Waals surface area contributed by atoms with Crippen molar-refractivity contribution in [2.75, 3.05) is 46.2 Å². The summed E-state index contributed by atoms with van der Waals surface area (Å²) >= 11 is 0. The van der Waals surface area contributed by atoms with E-state index in [1.54, 1.807) is 43.2 Å². The first-order valence-corrected chi connectivity index (χ1v) is 13.0. The molecule has 38 heavy (non-hydrogen) atoms. The number of methoxy groups -OCH3 is 1. The number of hydrogen-bond acceptors (Lipinski definition) is 6. The Kier molecular flexibility index (Phi) is 7.44. The first-order valence-electron chi connectivity index (χ1n) is 13.0. The van der Waals surface area contributed by atoms with Gasteiger partial charge in [0.05, 0.1) is 25.8 Å². The Hall–Kier alpha value is -4.14. The van der Waals surface area contributed by atoms with E-state index in [4.69, 9.17) is 4.74 Å². The average Bonchev–Trinajstić information content (AvgIpc) is 3.48. The van der Waals surface area contributed by atoms with Crippen molar-refractivity contribution in [1.82, 2.24) is 24.8 Å². The molecule has 0 fully saturated rings. The number of para-hydroxylation sites is 1. The van der Waals surface area contributed by atoms with Gasteiger partial charge in [-0.2, -0.15) is 0 Å². The van der Waals surface area contributed by atoms with Gasteiger partial charge in [0, 0.05) is 63.2 Å². The van der Waals surface area contributed by atoms with E-state index in [-0.39, 0.29) is 17.7 Å². The minimum Gasteiger partial charge on any atom is -0.496 e. The van der Waals surface area contributed by atoms with Crippen molar-refractivity contribution < 1.29 is 14.3 Å². The Labute approximate surface area is 223 Å². The summed E-state index contributed by atoms with van der Waals surface area (Å²) < 4.78 is 7.39. The molecular formula is C29H34N6O3. The Morgan fingerprint density at radius 2 is 2.03 bits per heavy atom. The van der Waals surface area contributed by atoms with Gasteiger partial charge >= 0.3 is 0 Å². The van der Waals surface area contributed by atoms with Crippen molar-refractivity contribution in [3.63, 3.8) is 0 Å². The van der Waals surface area contributed by atoms with Crippen LogP contribution in [-0.2, 0) is 22.6 Å². The molecule has 0 aliphatic carbocycles. The van der Waals surface area contributed by atoms with E-state index in [1.807, 2.05) is 23.1 Å². The average molecular weight is 515 g/mol. The molecule has 9 nitrogen and oxygen atoms in total. The molecule has 0 unspecified atom stereocenters. The van der Waals surface area contributed by atoms with Crippen LogP contribution in [0.5, 0.6) is 5.75 Å². The molecule has 5 rings (SSSR count). The topological polar surface area (TPSA) is 92.6 Å². The molecule has 3 heterocycles. The third-order valence-corrected chi connectivity index (χ3v) is 7.30. The number of amides is 2. The molecule has 2 aromatic carbocycles. The van der Waals surface area contributed by atoms with Gasteiger partial charge in [-0.3, -0.25) is 14.3 Å². The monoisotopic (exact) mass is 514 g/mol. The van der Waals surface area contributed by atoms with Gasteiger partial charge in [0.2, 0.25) is 11.8 Å². The van der Waals surface area contributed by atoms with E-state index < -0.39 is 0 Å². The quantitative estimate of drug-likeness (QED) is 0.520. The van der Waals surface area contributed by atoms with E-state index in [1.165, 1.54) is 0 Å². The second-order valence-electron chi connectivity index (χ2n) is 10.0. The fourth-order valence-corrected chi connectivity index (χ4v) is 5.33. The number of aryl methyl sites for hydroxylation is 1. The molecule has 3 aromatic rings. The predicted molar refractivity (Wildman–Crippen MR) is 147 cm³/mol. The summed E-state index contributed by atoms with van der Waals surface area (Å²) in [6, 6.07) is 12.4. The minimum atomic E-state index is -0.131. The number of nitrogens with one attached hydrogen (secondary N) is 1. The van der Waals surface area contributed by atoms with Crippen molar-refractivity contribution in [1.29, 1.82) is 0 Å². The highest BCUT2D eigenvalue weighted by molar-refractivity contribution is 5.90. The fraction of sp³-hybridized carbons (Fsp3) is 0.379. The number of hydrogen-bond donors (Lipinski definition) is 1. The Balaban J connectivity index is 1.47. The summed E-state index contributed by atoms with van der Waals surface area (Å²) in [5.74, 6) is 0.886. The lowest BCUT2D eigenvalue weighted by atomic mass is 9.85. The lowest BCUT2D eigenvalue weighted by Gasteiger charge is -2.32. The fourth-order valence-electron chi connectivity index (χ4n) is 5.33. The van der Waals surface area contributed by atoms with Crippen molar-refractivity contribution in [3.05, 3.63) is 66.0 Å². The van der Waals surface area contributed by atoms with Gasteiger partial charge in [0.25, 0.3) is 0 Å². The molecule has 0 spiro atoms. The van der Waals surface area contributed by atoms with Crippen LogP contribution in [0.15, 0.2) is 54.9 Å². The van der Waals surface area contributed by atoms with E-state index in [0.29, 0.717) is 39.0 Å². The molecule has 9 heteroatoms. The van der Waals surface area contributed by atoms with Gasteiger partial charge in [-0.05, 0) is 47.7 Å². The van der Waals surface area contributed by atoms with Crippen molar-refractivity contribution in [2.24, 2.45) is 5.92 Å². The lowest BCUT2D eigenvalue weighted by Crippen LogP contribution is -2.37. The number of rotatable bonds is 7. The molecule has 0 saturated heterocycles. The van der Waals surface area contributed by atoms with Gasteiger partial charge in [-0.1, -0.05) is 29.5 Å². The van der Waals surface area contributed by atoms with Crippen LogP contribution in [0.3, 0.4) is 0 Å². The van der Waals surface area contributed by atoms with Gasteiger partial charge in [0.15, 0.2) is 0 Å². The molecule has 198 valence electrons. The molecule has 1 N–H and O–H groups in total. The number of ether oxygens (including phenoxy) is 1. The summed E-state index contributed by atoms with van der Waals surface area (Å²) in [4.78, 5) is 29.4. The Morgan fingerprint density at radius 1 is 1.18 bits per heavy atom. The van der Waals surface area contributed by atoms with Crippen LogP contribution in [0.4, 0.5) is 5.69 Å².